The van der Waals surface area contributed by atoms with Crippen LogP contribution in [0.5, 0.6) is 5.75 Å². The van der Waals surface area contributed by atoms with Crippen LogP contribution < -0.4 is 11.1 Å². The summed E-state index contributed by atoms with van der Waals surface area (Å²) in [6.45, 7) is 3.65. The third-order valence-corrected chi connectivity index (χ3v) is 6.54. The highest BCUT2D eigenvalue weighted by atomic mass is 32.1. The van der Waals surface area contributed by atoms with Crippen molar-refractivity contribution in [3.8, 4) is 5.75 Å². The molecule has 8 nitrogen and oxygen atoms in total. The van der Waals surface area contributed by atoms with Gasteiger partial charge in [0.2, 0.25) is 5.91 Å². The molecule has 154 valence electrons. The van der Waals surface area contributed by atoms with Crippen molar-refractivity contribution in [3.63, 3.8) is 0 Å². The summed E-state index contributed by atoms with van der Waals surface area (Å²) in [5.41, 5.74) is 6.88. The number of amides is 2. The Morgan fingerprint density at radius 2 is 2.10 bits per heavy atom. The smallest absolute Gasteiger partial charge is 0.266 e. The number of aromatic hydroxyl groups is 1. The molecule has 1 unspecified atom stereocenters. The van der Waals surface area contributed by atoms with E-state index in [1.165, 1.54) is 16.2 Å². The summed E-state index contributed by atoms with van der Waals surface area (Å²) in [5.74, 6) is -0.104. The van der Waals surface area contributed by atoms with Gasteiger partial charge in [-0.2, -0.15) is 0 Å². The maximum atomic E-state index is 12.9. The molecule has 0 aliphatic carbocycles. The number of phenolic OH excluding ortho intramolecular Hbond substituents is 1. The third-order valence-electron chi connectivity index (χ3n) is 5.27. The second-order valence-electron chi connectivity index (χ2n) is 7.49. The van der Waals surface area contributed by atoms with E-state index in [0.717, 1.165) is 15.6 Å². The number of nitrogens with two attached hydrogens (primary N) is 1. The normalized spacial score (nSPS) is 19.1. The minimum atomic E-state index is -0.903. The van der Waals surface area contributed by atoms with Gasteiger partial charge >= 0.3 is 0 Å². The molecule has 0 saturated carbocycles. The van der Waals surface area contributed by atoms with Crippen molar-refractivity contribution < 1.29 is 14.7 Å². The minimum Gasteiger partial charge on any atom is -0.508 e. The Morgan fingerprint density at radius 3 is 2.83 bits per heavy atom. The SMILES string of the molecule is Cc1c(C(=O)Nc2ccnc(C3(C)CC(=O)N(C)C(N)=N3)c2)sc2ccc(O)cc12. The molecular formula is C21H21N5O3S. The maximum Gasteiger partial charge on any atom is 0.266 e. The van der Waals surface area contributed by atoms with E-state index in [4.69, 9.17) is 5.73 Å². The van der Waals surface area contributed by atoms with Gasteiger partial charge in [0.05, 0.1) is 17.0 Å². The third kappa shape index (κ3) is 3.37. The molecule has 0 fully saturated rings. The second kappa shape index (κ2) is 7.10. The predicted octanol–water partition coefficient (Wildman–Crippen LogP) is 2.95. The van der Waals surface area contributed by atoms with E-state index >= 15 is 0 Å². The Kier molecular flexibility index (Phi) is 4.70. The topological polar surface area (TPSA) is 121 Å². The lowest BCUT2D eigenvalue weighted by Crippen LogP contribution is -2.47. The van der Waals surface area contributed by atoms with Crippen molar-refractivity contribution >= 4 is 44.9 Å². The number of aryl methyl sites for hydroxylation is 1. The minimum absolute atomic E-state index is 0.132. The standard InChI is InChI=1S/C21H21N5O3S/c1-11-14-9-13(27)4-5-15(14)30-18(11)19(29)24-12-6-7-23-16(8-12)21(2)10-17(28)26(3)20(22)25-21/h4-9,27H,10H2,1-3H3,(H2,22,25)(H,23,24,29). The average Bonchev–Trinajstić information content (AvgIpc) is 3.02. The van der Waals surface area contributed by atoms with Crippen LogP contribution in [-0.4, -0.2) is 39.8 Å². The first-order valence-electron chi connectivity index (χ1n) is 9.30. The van der Waals surface area contributed by atoms with Crippen molar-refractivity contribution in [1.82, 2.24) is 9.88 Å². The number of nitrogens with one attached hydrogen (secondary N) is 1. The van der Waals surface area contributed by atoms with E-state index in [-0.39, 0.29) is 29.9 Å². The highest BCUT2D eigenvalue weighted by molar-refractivity contribution is 7.21. The lowest BCUT2D eigenvalue weighted by molar-refractivity contribution is -0.128. The molecule has 0 spiro atoms. The highest BCUT2D eigenvalue weighted by Crippen LogP contribution is 2.35. The van der Waals surface area contributed by atoms with Crippen LogP contribution in [0.25, 0.3) is 10.1 Å². The summed E-state index contributed by atoms with van der Waals surface area (Å²) in [4.78, 5) is 35.8. The monoisotopic (exact) mass is 423 g/mol. The summed E-state index contributed by atoms with van der Waals surface area (Å²) in [5, 5.41) is 13.5. The Hall–Kier alpha value is -3.46. The summed E-state index contributed by atoms with van der Waals surface area (Å²) in [6, 6.07) is 8.45. The molecule has 9 heteroatoms. The van der Waals surface area contributed by atoms with Crippen LogP contribution in [0.15, 0.2) is 41.5 Å². The van der Waals surface area contributed by atoms with E-state index < -0.39 is 5.54 Å². The van der Waals surface area contributed by atoms with Crippen molar-refractivity contribution in [1.29, 1.82) is 0 Å². The maximum absolute atomic E-state index is 12.9. The number of fused-ring (bicyclic) bond motifs is 1. The number of nitrogens with zero attached hydrogens (tertiary/aromatic N) is 3. The number of carbonyl (C=O) groups excluding carboxylic acids is 2. The average molecular weight is 423 g/mol. The molecule has 1 atom stereocenters. The highest BCUT2D eigenvalue weighted by Gasteiger charge is 2.37. The molecule has 4 N–H and O–H groups in total. The molecule has 0 bridgehead atoms. The number of pyridine rings is 1. The van der Waals surface area contributed by atoms with E-state index in [0.29, 0.717) is 16.3 Å². The molecule has 2 aromatic heterocycles. The van der Waals surface area contributed by atoms with Gasteiger partial charge in [-0.15, -0.1) is 11.3 Å². The van der Waals surface area contributed by atoms with Gasteiger partial charge in [0.25, 0.3) is 5.91 Å². The summed E-state index contributed by atoms with van der Waals surface area (Å²) >= 11 is 1.36. The Labute approximate surface area is 177 Å². The van der Waals surface area contributed by atoms with Gasteiger partial charge in [0.15, 0.2) is 5.96 Å². The number of aliphatic imine (C=N–C) groups is 1. The molecule has 3 aromatic rings. The van der Waals surface area contributed by atoms with Crippen molar-refractivity contribution in [2.75, 3.05) is 12.4 Å². The fourth-order valence-corrected chi connectivity index (χ4v) is 4.56. The van der Waals surface area contributed by atoms with Gasteiger partial charge in [-0.25, -0.2) is 4.99 Å². The fourth-order valence-electron chi connectivity index (χ4n) is 3.47. The van der Waals surface area contributed by atoms with Gasteiger partial charge in [-0.1, -0.05) is 0 Å². The van der Waals surface area contributed by atoms with Crippen LogP contribution in [0.3, 0.4) is 0 Å². The van der Waals surface area contributed by atoms with E-state index in [1.54, 1.807) is 50.5 Å². The molecule has 3 heterocycles. The van der Waals surface area contributed by atoms with E-state index in [9.17, 15) is 14.7 Å². The molecule has 1 aliphatic rings. The summed E-state index contributed by atoms with van der Waals surface area (Å²) in [6.07, 6.45) is 1.70. The number of hydrogen-bond donors (Lipinski definition) is 3. The van der Waals surface area contributed by atoms with Gasteiger partial charge in [-0.3, -0.25) is 19.5 Å². The van der Waals surface area contributed by atoms with Crippen molar-refractivity contribution in [2.24, 2.45) is 10.7 Å². The van der Waals surface area contributed by atoms with Gasteiger partial charge < -0.3 is 16.2 Å². The van der Waals surface area contributed by atoms with Gasteiger partial charge in [0.1, 0.15) is 11.3 Å². The second-order valence-corrected chi connectivity index (χ2v) is 8.55. The molecular weight excluding hydrogens is 402 g/mol. The van der Waals surface area contributed by atoms with Gasteiger partial charge in [-0.05, 0) is 55.1 Å². The first-order valence-corrected chi connectivity index (χ1v) is 10.1. The Morgan fingerprint density at radius 1 is 1.33 bits per heavy atom. The van der Waals surface area contributed by atoms with Crippen molar-refractivity contribution in [3.05, 3.63) is 52.7 Å². The van der Waals surface area contributed by atoms with Crippen molar-refractivity contribution in [2.45, 2.75) is 25.8 Å². The number of phenols is 1. The predicted molar refractivity (Wildman–Crippen MR) is 117 cm³/mol. The summed E-state index contributed by atoms with van der Waals surface area (Å²) in [7, 11) is 1.58. The molecule has 0 radical (unpaired) electrons. The molecule has 30 heavy (non-hydrogen) atoms. The first-order chi connectivity index (χ1) is 14.2. The number of hydrogen-bond acceptors (Lipinski definition) is 7. The van der Waals surface area contributed by atoms with Gasteiger partial charge in [0, 0.05) is 23.6 Å². The van der Waals surface area contributed by atoms with Crippen LogP contribution in [0.4, 0.5) is 5.69 Å². The van der Waals surface area contributed by atoms with Crippen LogP contribution in [-0.2, 0) is 10.3 Å². The molecule has 0 saturated heterocycles. The number of rotatable bonds is 3. The number of anilines is 1. The van der Waals surface area contributed by atoms with Crippen LogP contribution in [0.2, 0.25) is 0 Å². The molecule has 1 aliphatic heterocycles. The zero-order valence-electron chi connectivity index (χ0n) is 16.8. The quantitative estimate of drug-likeness (QED) is 0.598. The molecule has 4 rings (SSSR count). The van der Waals surface area contributed by atoms with Crippen LogP contribution in [0, 0.1) is 6.92 Å². The summed E-state index contributed by atoms with van der Waals surface area (Å²) < 4.78 is 0.924. The fraction of sp³-hybridized carbons (Fsp3) is 0.238. The zero-order chi connectivity index (χ0) is 21.6. The zero-order valence-corrected chi connectivity index (χ0v) is 17.6. The number of aromatic nitrogens is 1. The van der Waals surface area contributed by atoms with Crippen LogP contribution in [0.1, 0.15) is 34.3 Å². The number of carbonyl (C=O) groups is 2. The molecule has 2 amide bonds. The van der Waals surface area contributed by atoms with E-state index in [2.05, 4.69) is 15.3 Å². The number of benzene rings is 1. The van der Waals surface area contributed by atoms with Crippen LogP contribution >= 0.6 is 11.3 Å². The lowest BCUT2D eigenvalue weighted by atomic mass is 9.91. The Bertz CT molecular complexity index is 1220. The number of thiophene rings is 1. The van der Waals surface area contributed by atoms with E-state index in [1.807, 2.05) is 6.92 Å². The number of guanidine groups is 1. The molecule has 1 aromatic carbocycles. The largest absolute Gasteiger partial charge is 0.508 e. The first kappa shape index (κ1) is 19.8. The lowest BCUT2D eigenvalue weighted by Gasteiger charge is -2.32. The Balaban J connectivity index is 1.63.